The second-order valence-corrected chi connectivity index (χ2v) is 13.1. The van der Waals surface area contributed by atoms with E-state index in [1.165, 1.54) is 28.5 Å². The van der Waals surface area contributed by atoms with E-state index in [0.717, 1.165) is 61.2 Å². The van der Waals surface area contributed by atoms with Crippen molar-refractivity contribution in [1.82, 2.24) is 19.8 Å². The third-order valence-corrected chi connectivity index (χ3v) is 9.86. The Balaban J connectivity index is 0.951. The Morgan fingerprint density at radius 2 is 1.66 bits per heavy atom. The van der Waals surface area contributed by atoms with Crippen molar-refractivity contribution in [2.45, 2.75) is 30.4 Å². The number of amides is 1. The zero-order valence-corrected chi connectivity index (χ0v) is 28.0. The average molecular weight is 674 g/mol. The first kappa shape index (κ1) is 31.4. The van der Waals surface area contributed by atoms with E-state index >= 15 is 0 Å². The van der Waals surface area contributed by atoms with E-state index in [-0.39, 0.29) is 12.7 Å². The van der Waals surface area contributed by atoms with Crippen molar-refractivity contribution in [1.29, 1.82) is 0 Å². The quantitative estimate of drug-likeness (QED) is 0.125. The predicted molar refractivity (Wildman–Crippen MR) is 181 cm³/mol. The Labute approximate surface area is 283 Å². The molecule has 4 aromatic rings. The van der Waals surface area contributed by atoms with Gasteiger partial charge in [0.25, 0.3) is 5.91 Å². The van der Waals surface area contributed by atoms with Crippen LogP contribution in [0.1, 0.15) is 32.6 Å². The number of carbonyl (C=O) groups excluding carboxylic acids is 1. The zero-order chi connectivity index (χ0) is 32.3. The van der Waals surface area contributed by atoms with Crippen LogP contribution in [0.4, 0.5) is 5.82 Å². The maximum atomic E-state index is 13.5. The summed E-state index contributed by atoms with van der Waals surface area (Å²) in [6.07, 6.45) is 0.857. The SMILES string of the molecule is COc1cc2c(cc1OC)CN(c1cc(Cl)nc(SCc3cccc(C(=O)N4CCN(Cc5ccc6c(c5)OCO6)CC4)c3)n1)CC2. The Morgan fingerprint density at radius 1 is 0.872 bits per heavy atom. The summed E-state index contributed by atoms with van der Waals surface area (Å²) in [6, 6.07) is 19.8. The number of aromatic nitrogens is 2. The minimum absolute atomic E-state index is 0.0560. The van der Waals surface area contributed by atoms with Gasteiger partial charge in [-0.25, -0.2) is 9.97 Å². The number of anilines is 1. The van der Waals surface area contributed by atoms with Gasteiger partial charge in [0, 0.05) is 63.2 Å². The van der Waals surface area contributed by atoms with Crippen LogP contribution in [-0.2, 0) is 25.3 Å². The maximum Gasteiger partial charge on any atom is 0.253 e. The van der Waals surface area contributed by atoms with Crippen molar-refractivity contribution >= 4 is 35.1 Å². The molecule has 0 aliphatic carbocycles. The van der Waals surface area contributed by atoms with Crippen LogP contribution in [0.2, 0.25) is 5.15 Å². The summed E-state index contributed by atoms with van der Waals surface area (Å²) in [4.78, 5) is 29.3. The standard InChI is InChI=1S/C35H36ClN5O5S/c1-43-29-16-25-8-9-41(20-27(25)17-30(29)44-2)33-18-32(36)37-35(38-33)47-21-24-4-3-5-26(14-24)34(42)40-12-10-39(11-13-40)19-23-6-7-28-31(15-23)46-22-45-28/h3-7,14-18H,8-13,19-22H2,1-2H3. The summed E-state index contributed by atoms with van der Waals surface area (Å²) in [5.41, 5.74) is 5.31. The zero-order valence-electron chi connectivity index (χ0n) is 26.4. The number of nitrogens with zero attached hydrogens (tertiary/aromatic N) is 5. The molecule has 0 N–H and O–H groups in total. The van der Waals surface area contributed by atoms with Crippen LogP contribution < -0.4 is 23.8 Å². The third kappa shape index (κ3) is 7.07. The van der Waals surface area contributed by atoms with Gasteiger partial charge in [0.05, 0.1) is 14.2 Å². The van der Waals surface area contributed by atoms with Crippen LogP contribution in [0.5, 0.6) is 23.0 Å². The minimum atomic E-state index is 0.0560. The van der Waals surface area contributed by atoms with Gasteiger partial charge in [0.2, 0.25) is 6.79 Å². The fourth-order valence-electron chi connectivity index (χ4n) is 6.22. The van der Waals surface area contributed by atoms with Crippen molar-refractivity contribution in [3.8, 4) is 23.0 Å². The molecule has 0 spiro atoms. The fraction of sp³-hybridized carbons (Fsp3) is 0.343. The van der Waals surface area contributed by atoms with Crippen LogP contribution in [-0.4, -0.2) is 79.4 Å². The molecule has 1 saturated heterocycles. The molecule has 12 heteroatoms. The lowest BCUT2D eigenvalue weighted by Crippen LogP contribution is -2.48. The molecule has 1 amide bonds. The first-order valence-corrected chi connectivity index (χ1v) is 17.0. The lowest BCUT2D eigenvalue weighted by Gasteiger charge is -2.35. The Bertz CT molecular complexity index is 1780. The van der Waals surface area contributed by atoms with Crippen LogP contribution in [0.15, 0.2) is 65.8 Å². The number of carbonyl (C=O) groups is 1. The van der Waals surface area contributed by atoms with E-state index in [1.54, 1.807) is 14.2 Å². The van der Waals surface area contributed by atoms with Crippen molar-refractivity contribution in [2.75, 3.05) is 58.6 Å². The molecule has 0 radical (unpaired) electrons. The van der Waals surface area contributed by atoms with E-state index in [9.17, 15) is 4.79 Å². The highest BCUT2D eigenvalue weighted by atomic mass is 35.5. The highest BCUT2D eigenvalue weighted by Gasteiger charge is 2.24. The van der Waals surface area contributed by atoms with Crippen molar-refractivity contribution in [3.63, 3.8) is 0 Å². The Morgan fingerprint density at radius 3 is 2.47 bits per heavy atom. The van der Waals surface area contributed by atoms with Gasteiger partial charge in [0.1, 0.15) is 11.0 Å². The summed E-state index contributed by atoms with van der Waals surface area (Å²) in [5.74, 6) is 4.51. The number of fused-ring (bicyclic) bond motifs is 2. The molecular weight excluding hydrogens is 638 g/mol. The van der Waals surface area contributed by atoms with Crippen molar-refractivity contribution in [2.24, 2.45) is 0 Å². The van der Waals surface area contributed by atoms with Gasteiger partial charge in [-0.1, -0.05) is 41.6 Å². The molecule has 0 saturated carbocycles. The number of hydrogen-bond acceptors (Lipinski definition) is 10. The molecule has 3 aliphatic heterocycles. The number of piperazine rings is 1. The number of thioether (sulfide) groups is 1. The maximum absolute atomic E-state index is 13.5. The fourth-order valence-corrected chi connectivity index (χ4v) is 7.25. The van der Waals surface area contributed by atoms with E-state index in [1.807, 2.05) is 53.4 Å². The van der Waals surface area contributed by atoms with Gasteiger partial charge in [0.15, 0.2) is 28.2 Å². The molecule has 0 bridgehead atoms. The monoisotopic (exact) mass is 673 g/mol. The lowest BCUT2D eigenvalue weighted by atomic mass is 9.99. The van der Waals surface area contributed by atoms with Crippen molar-refractivity contribution < 1.29 is 23.7 Å². The number of halogens is 1. The molecule has 7 rings (SSSR count). The van der Waals surface area contributed by atoms with Crippen LogP contribution >= 0.6 is 23.4 Å². The number of ether oxygens (including phenoxy) is 4. The summed E-state index contributed by atoms with van der Waals surface area (Å²) >= 11 is 7.99. The highest BCUT2D eigenvalue weighted by Crippen LogP contribution is 2.35. The predicted octanol–water partition coefficient (Wildman–Crippen LogP) is 5.69. The lowest BCUT2D eigenvalue weighted by molar-refractivity contribution is 0.0628. The molecule has 4 heterocycles. The molecule has 0 atom stereocenters. The normalized spacial score (nSPS) is 15.8. The molecule has 1 fully saturated rings. The molecule has 0 unspecified atom stereocenters. The number of rotatable bonds is 9. The molecule has 47 heavy (non-hydrogen) atoms. The van der Waals surface area contributed by atoms with Gasteiger partial charge in [-0.2, -0.15) is 0 Å². The summed E-state index contributed by atoms with van der Waals surface area (Å²) in [5, 5.41) is 0.998. The van der Waals surface area contributed by atoms with Gasteiger partial charge in [-0.3, -0.25) is 9.69 Å². The first-order valence-electron chi connectivity index (χ1n) is 15.6. The van der Waals surface area contributed by atoms with Crippen LogP contribution in [0.25, 0.3) is 0 Å². The van der Waals surface area contributed by atoms with E-state index < -0.39 is 0 Å². The second-order valence-electron chi connectivity index (χ2n) is 11.7. The Hall–Kier alpha value is -4.19. The van der Waals surface area contributed by atoms with Gasteiger partial charge in [-0.15, -0.1) is 0 Å². The van der Waals surface area contributed by atoms with Gasteiger partial charge < -0.3 is 28.7 Å². The first-order chi connectivity index (χ1) is 22.9. The summed E-state index contributed by atoms with van der Waals surface area (Å²) in [6.45, 7) is 5.57. The van der Waals surface area contributed by atoms with Crippen molar-refractivity contribution in [3.05, 3.63) is 93.6 Å². The van der Waals surface area contributed by atoms with Gasteiger partial charge >= 0.3 is 0 Å². The molecule has 3 aromatic carbocycles. The molecule has 3 aliphatic rings. The largest absolute Gasteiger partial charge is 0.493 e. The smallest absolute Gasteiger partial charge is 0.253 e. The number of methoxy groups -OCH3 is 2. The molecule has 10 nitrogen and oxygen atoms in total. The molecule has 1 aromatic heterocycles. The topological polar surface area (TPSA) is 89.5 Å². The average Bonchev–Trinajstić information content (AvgIpc) is 3.58. The Kier molecular flexibility index (Phi) is 9.28. The summed E-state index contributed by atoms with van der Waals surface area (Å²) < 4.78 is 22.0. The molecular formula is C35H36ClN5O5S. The van der Waals surface area contributed by atoms with Crippen LogP contribution in [0, 0.1) is 0 Å². The number of hydrogen-bond donors (Lipinski definition) is 0. The van der Waals surface area contributed by atoms with Gasteiger partial charge in [-0.05, 0) is 65.1 Å². The second kappa shape index (κ2) is 13.9. The number of benzene rings is 3. The highest BCUT2D eigenvalue weighted by molar-refractivity contribution is 7.98. The van der Waals surface area contributed by atoms with E-state index in [2.05, 4.69) is 26.9 Å². The van der Waals surface area contributed by atoms with Crippen LogP contribution in [0.3, 0.4) is 0 Å². The summed E-state index contributed by atoms with van der Waals surface area (Å²) in [7, 11) is 3.30. The molecule has 244 valence electrons. The third-order valence-electron chi connectivity index (χ3n) is 8.75. The van der Waals surface area contributed by atoms with E-state index in [0.29, 0.717) is 47.0 Å². The van der Waals surface area contributed by atoms with E-state index in [4.69, 9.17) is 35.5 Å². The minimum Gasteiger partial charge on any atom is -0.493 e.